The highest BCUT2D eigenvalue weighted by Crippen LogP contribution is 2.24. The van der Waals surface area contributed by atoms with E-state index in [4.69, 9.17) is 11.6 Å². The predicted octanol–water partition coefficient (Wildman–Crippen LogP) is 4.51. The Hall–Kier alpha value is -3.11. The van der Waals surface area contributed by atoms with Crippen LogP contribution in [0.15, 0.2) is 47.6 Å². The molecule has 0 unspecified atom stereocenters. The van der Waals surface area contributed by atoms with Crippen molar-refractivity contribution >= 4 is 46.3 Å². The van der Waals surface area contributed by atoms with E-state index >= 15 is 0 Å². The number of nitro groups is 1. The standard InChI is InChI=1S/C20H21ClN6O3S/c1-3-26-18(11-22-16-7-5-4-6-15(16)21)24-25-20(26)31-12-19(28)23-14-9-8-13(2)17(10-14)27(29)30/h4-10,22H,3,11-12H2,1-2H3,(H,23,28). The van der Waals surface area contributed by atoms with Crippen LogP contribution in [0.25, 0.3) is 0 Å². The highest BCUT2D eigenvalue weighted by Gasteiger charge is 2.15. The summed E-state index contributed by atoms with van der Waals surface area (Å²) in [6.45, 7) is 4.69. The lowest BCUT2D eigenvalue weighted by molar-refractivity contribution is -0.385. The summed E-state index contributed by atoms with van der Waals surface area (Å²) < 4.78 is 1.92. The molecule has 0 aliphatic heterocycles. The van der Waals surface area contributed by atoms with Crippen LogP contribution in [0.1, 0.15) is 18.3 Å². The molecule has 1 amide bonds. The van der Waals surface area contributed by atoms with Gasteiger partial charge in [0.25, 0.3) is 5.69 Å². The Morgan fingerprint density at radius 3 is 2.74 bits per heavy atom. The summed E-state index contributed by atoms with van der Waals surface area (Å²) in [5, 5.41) is 26.6. The van der Waals surface area contributed by atoms with E-state index in [1.54, 1.807) is 25.1 Å². The van der Waals surface area contributed by atoms with Crippen molar-refractivity contribution in [3.63, 3.8) is 0 Å². The van der Waals surface area contributed by atoms with Gasteiger partial charge in [-0.25, -0.2) is 0 Å². The van der Waals surface area contributed by atoms with Gasteiger partial charge in [0.15, 0.2) is 11.0 Å². The van der Waals surface area contributed by atoms with Crippen LogP contribution in [0.5, 0.6) is 0 Å². The molecule has 3 rings (SSSR count). The lowest BCUT2D eigenvalue weighted by Crippen LogP contribution is -2.15. The Labute approximate surface area is 188 Å². The molecule has 0 bridgehead atoms. The summed E-state index contributed by atoms with van der Waals surface area (Å²) in [7, 11) is 0. The van der Waals surface area contributed by atoms with Crippen LogP contribution in [0.3, 0.4) is 0 Å². The number of carbonyl (C=O) groups excluding carboxylic acids is 1. The Morgan fingerprint density at radius 1 is 1.26 bits per heavy atom. The van der Waals surface area contributed by atoms with Crippen LogP contribution in [-0.4, -0.2) is 31.3 Å². The average molecular weight is 461 g/mol. The van der Waals surface area contributed by atoms with Crippen LogP contribution in [0, 0.1) is 17.0 Å². The molecule has 0 fully saturated rings. The number of thioether (sulfide) groups is 1. The third kappa shape index (κ3) is 5.74. The zero-order valence-corrected chi connectivity index (χ0v) is 18.5. The zero-order chi connectivity index (χ0) is 22.4. The van der Waals surface area contributed by atoms with E-state index < -0.39 is 4.92 Å². The smallest absolute Gasteiger partial charge is 0.274 e. The Kier molecular flexibility index (Phi) is 7.48. The topological polar surface area (TPSA) is 115 Å². The molecule has 0 atom stereocenters. The van der Waals surface area contributed by atoms with Crippen LogP contribution >= 0.6 is 23.4 Å². The molecule has 0 spiro atoms. The van der Waals surface area contributed by atoms with Crippen molar-refractivity contribution in [3.05, 3.63) is 69.0 Å². The van der Waals surface area contributed by atoms with Gasteiger partial charge in [0.2, 0.25) is 5.91 Å². The van der Waals surface area contributed by atoms with E-state index in [1.807, 2.05) is 29.7 Å². The third-order valence-corrected chi connectivity index (χ3v) is 5.74. The van der Waals surface area contributed by atoms with Gasteiger partial charge in [0, 0.05) is 23.9 Å². The van der Waals surface area contributed by atoms with Crippen molar-refractivity contribution in [1.29, 1.82) is 0 Å². The Morgan fingerprint density at radius 2 is 2.03 bits per heavy atom. The molecule has 1 aromatic heterocycles. The van der Waals surface area contributed by atoms with Gasteiger partial charge in [-0.05, 0) is 32.0 Å². The lowest BCUT2D eigenvalue weighted by Gasteiger charge is -2.10. The molecule has 2 N–H and O–H groups in total. The summed E-state index contributed by atoms with van der Waals surface area (Å²) in [6.07, 6.45) is 0. The van der Waals surface area contributed by atoms with Crippen molar-refractivity contribution in [2.24, 2.45) is 0 Å². The van der Waals surface area contributed by atoms with Gasteiger partial charge in [0.05, 0.1) is 27.9 Å². The Balaban J connectivity index is 1.60. The molecule has 3 aromatic rings. The second-order valence-corrected chi connectivity index (χ2v) is 7.92. The minimum absolute atomic E-state index is 0.0353. The molecule has 31 heavy (non-hydrogen) atoms. The summed E-state index contributed by atoms with van der Waals surface area (Å²) in [5.41, 5.74) is 1.68. The summed E-state index contributed by atoms with van der Waals surface area (Å²) in [4.78, 5) is 22.9. The number of halogens is 1. The molecule has 9 nitrogen and oxygen atoms in total. The van der Waals surface area contributed by atoms with E-state index in [2.05, 4.69) is 20.8 Å². The molecule has 0 saturated heterocycles. The molecule has 0 saturated carbocycles. The first-order chi connectivity index (χ1) is 14.9. The normalized spacial score (nSPS) is 10.7. The van der Waals surface area contributed by atoms with Gasteiger partial charge < -0.3 is 15.2 Å². The summed E-state index contributed by atoms with van der Waals surface area (Å²) >= 11 is 7.41. The number of nitrogens with one attached hydrogen (secondary N) is 2. The number of rotatable bonds is 9. The maximum absolute atomic E-state index is 12.3. The van der Waals surface area contributed by atoms with E-state index in [0.29, 0.717) is 34.5 Å². The number of hydrogen-bond donors (Lipinski definition) is 2. The van der Waals surface area contributed by atoms with E-state index in [-0.39, 0.29) is 17.3 Å². The van der Waals surface area contributed by atoms with Crippen LogP contribution < -0.4 is 10.6 Å². The molecule has 0 aliphatic carbocycles. The third-order valence-electron chi connectivity index (χ3n) is 4.44. The minimum atomic E-state index is -0.471. The second-order valence-electron chi connectivity index (χ2n) is 6.57. The number of benzene rings is 2. The van der Waals surface area contributed by atoms with E-state index in [0.717, 1.165) is 11.5 Å². The van der Waals surface area contributed by atoms with Gasteiger partial charge >= 0.3 is 0 Å². The molecular weight excluding hydrogens is 440 g/mol. The van der Waals surface area contributed by atoms with Crippen LogP contribution in [0.2, 0.25) is 5.02 Å². The number of para-hydroxylation sites is 1. The number of amides is 1. The number of hydrogen-bond acceptors (Lipinski definition) is 7. The van der Waals surface area contributed by atoms with Gasteiger partial charge in [-0.1, -0.05) is 41.6 Å². The summed E-state index contributed by atoms with van der Waals surface area (Å²) in [6, 6.07) is 12.0. The fraction of sp³-hybridized carbons (Fsp3) is 0.250. The average Bonchev–Trinajstić information content (AvgIpc) is 3.14. The molecule has 0 radical (unpaired) electrons. The number of anilines is 2. The first-order valence-corrected chi connectivity index (χ1v) is 10.8. The fourth-order valence-electron chi connectivity index (χ4n) is 2.86. The minimum Gasteiger partial charge on any atom is -0.377 e. The van der Waals surface area contributed by atoms with E-state index in [1.165, 1.54) is 17.8 Å². The van der Waals surface area contributed by atoms with Crippen molar-refractivity contribution in [1.82, 2.24) is 14.8 Å². The van der Waals surface area contributed by atoms with Gasteiger partial charge in [0.1, 0.15) is 0 Å². The molecule has 2 aromatic carbocycles. The van der Waals surface area contributed by atoms with Crippen LogP contribution in [-0.2, 0) is 17.9 Å². The predicted molar refractivity (Wildman–Crippen MR) is 122 cm³/mol. The van der Waals surface area contributed by atoms with Gasteiger partial charge in [-0.3, -0.25) is 14.9 Å². The SMILES string of the molecule is CCn1c(CNc2ccccc2Cl)nnc1SCC(=O)Nc1ccc(C)c([N+](=O)[O-])c1. The Bertz CT molecular complexity index is 1100. The first kappa shape index (κ1) is 22.6. The number of nitrogens with zero attached hydrogens (tertiary/aromatic N) is 4. The molecular formula is C20H21ClN6O3S. The fourth-order valence-corrected chi connectivity index (χ4v) is 3.89. The largest absolute Gasteiger partial charge is 0.377 e. The monoisotopic (exact) mass is 460 g/mol. The lowest BCUT2D eigenvalue weighted by atomic mass is 10.2. The van der Waals surface area contributed by atoms with Crippen molar-refractivity contribution in [2.45, 2.75) is 32.1 Å². The van der Waals surface area contributed by atoms with Crippen LogP contribution in [0.4, 0.5) is 17.1 Å². The molecule has 0 aliphatic rings. The molecule has 1 heterocycles. The quantitative estimate of drug-likeness (QED) is 0.274. The highest BCUT2D eigenvalue weighted by atomic mass is 35.5. The maximum Gasteiger partial charge on any atom is 0.274 e. The van der Waals surface area contributed by atoms with Crippen molar-refractivity contribution in [3.8, 4) is 0 Å². The van der Waals surface area contributed by atoms with Gasteiger partial charge in [-0.2, -0.15) is 0 Å². The van der Waals surface area contributed by atoms with Crippen molar-refractivity contribution < 1.29 is 9.72 Å². The highest BCUT2D eigenvalue weighted by molar-refractivity contribution is 7.99. The number of nitro benzene ring substituents is 1. The van der Waals surface area contributed by atoms with Gasteiger partial charge in [-0.15, -0.1) is 10.2 Å². The number of aromatic nitrogens is 3. The maximum atomic E-state index is 12.3. The zero-order valence-electron chi connectivity index (χ0n) is 17.0. The number of carbonyl (C=O) groups is 1. The van der Waals surface area contributed by atoms with E-state index in [9.17, 15) is 14.9 Å². The van der Waals surface area contributed by atoms with Crippen molar-refractivity contribution in [2.75, 3.05) is 16.4 Å². The second kappa shape index (κ2) is 10.3. The summed E-state index contributed by atoms with van der Waals surface area (Å²) in [5.74, 6) is 0.529. The molecule has 162 valence electrons. The first-order valence-electron chi connectivity index (χ1n) is 9.47. The number of aryl methyl sites for hydroxylation is 1. The molecule has 11 heteroatoms.